The van der Waals surface area contributed by atoms with E-state index in [1.54, 1.807) is 0 Å². The Morgan fingerprint density at radius 1 is 1.35 bits per heavy atom. The van der Waals surface area contributed by atoms with Crippen LogP contribution in [0.5, 0.6) is 0 Å². The smallest absolute Gasteiger partial charge is 0.230 e. The zero-order valence-corrected chi connectivity index (χ0v) is 10.3. The van der Waals surface area contributed by atoms with Crippen molar-refractivity contribution in [3.63, 3.8) is 0 Å². The van der Waals surface area contributed by atoms with Crippen LogP contribution < -0.4 is 11.1 Å². The van der Waals surface area contributed by atoms with Crippen LogP contribution >= 0.6 is 0 Å². The third-order valence-corrected chi connectivity index (χ3v) is 3.74. The molecule has 1 aliphatic rings. The van der Waals surface area contributed by atoms with Crippen LogP contribution in [0.3, 0.4) is 0 Å². The van der Waals surface area contributed by atoms with Crippen LogP contribution in [0, 0.1) is 5.41 Å². The van der Waals surface area contributed by atoms with Crippen LogP contribution in [0.25, 0.3) is 0 Å². The lowest BCUT2D eigenvalue weighted by molar-refractivity contribution is -0.124. The number of amides is 1. The number of benzene rings is 1. The molecule has 3 nitrogen and oxygen atoms in total. The van der Waals surface area contributed by atoms with Gasteiger partial charge in [0.2, 0.25) is 5.91 Å². The van der Waals surface area contributed by atoms with Gasteiger partial charge in [-0.05, 0) is 24.5 Å². The first kappa shape index (κ1) is 12.1. The number of anilines is 1. The van der Waals surface area contributed by atoms with Gasteiger partial charge in [-0.2, -0.15) is 0 Å². The van der Waals surface area contributed by atoms with Crippen molar-refractivity contribution in [2.75, 3.05) is 5.32 Å². The Morgan fingerprint density at radius 2 is 2.00 bits per heavy atom. The minimum atomic E-state index is -0.193. The number of carbonyl (C=O) groups is 1. The summed E-state index contributed by atoms with van der Waals surface area (Å²) in [6.45, 7) is 2.51. The summed E-state index contributed by atoms with van der Waals surface area (Å²) in [6, 6.07) is 7.73. The Kier molecular flexibility index (Phi) is 3.48. The van der Waals surface area contributed by atoms with E-state index in [1.165, 1.54) is 0 Å². The first-order valence-corrected chi connectivity index (χ1v) is 6.25. The van der Waals surface area contributed by atoms with E-state index in [0.717, 1.165) is 36.9 Å². The molecular weight excluding hydrogens is 212 g/mol. The highest BCUT2D eigenvalue weighted by Crippen LogP contribution is 2.38. The van der Waals surface area contributed by atoms with Crippen molar-refractivity contribution in [2.45, 2.75) is 39.2 Å². The zero-order valence-electron chi connectivity index (χ0n) is 10.3. The standard InChI is InChI=1S/C14H20N2O/c1-14(8-4-5-9-14)13(17)16-12-7-3-2-6-11(12)10-15/h2-3,6-7H,4-5,8-10,15H2,1H3,(H,16,17). The maximum Gasteiger partial charge on any atom is 0.230 e. The second-order valence-electron chi connectivity index (χ2n) is 5.08. The molecule has 1 amide bonds. The van der Waals surface area contributed by atoms with Crippen molar-refractivity contribution in [2.24, 2.45) is 11.1 Å². The van der Waals surface area contributed by atoms with Gasteiger partial charge in [0.25, 0.3) is 0 Å². The van der Waals surface area contributed by atoms with Gasteiger partial charge in [0.05, 0.1) is 0 Å². The van der Waals surface area contributed by atoms with Crippen molar-refractivity contribution in [1.29, 1.82) is 0 Å². The molecule has 0 radical (unpaired) electrons. The zero-order chi connectivity index (χ0) is 12.3. The van der Waals surface area contributed by atoms with Crippen molar-refractivity contribution in [3.05, 3.63) is 29.8 Å². The number of nitrogens with one attached hydrogen (secondary N) is 1. The lowest BCUT2D eigenvalue weighted by Crippen LogP contribution is -2.31. The Morgan fingerprint density at radius 3 is 2.65 bits per heavy atom. The van der Waals surface area contributed by atoms with Crippen molar-refractivity contribution < 1.29 is 4.79 Å². The van der Waals surface area contributed by atoms with E-state index in [0.29, 0.717) is 6.54 Å². The lowest BCUT2D eigenvalue weighted by Gasteiger charge is -2.23. The molecule has 1 fully saturated rings. The van der Waals surface area contributed by atoms with Gasteiger partial charge in [0.15, 0.2) is 0 Å². The molecule has 3 heteroatoms. The van der Waals surface area contributed by atoms with E-state index in [-0.39, 0.29) is 11.3 Å². The Hall–Kier alpha value is -1.35. The van der Waals surface area contributed by atoms with Crippen molar-refractivity contribution in [1.82, 2.24) is 0 Å². The molecule has 1 saturated carbocycles. The van der Waals surface area contributed by atoms with E-state index in [2.05, 4.69) is 12.2 Å². The average molecular weight is 232 g/mol. The Labute approximate surface area is 102 Å². The minimum absolute atomic E-state index is 0.135. The molecule has 0 aromatic heterocycles. The van der Waals surface area contributed by atoms with Crippen LogP contribution in [-0.4, -0.2) is 5.91 Å². The normalized spacial score (nSPS) is 18.0. The van der Waals surface area contributed by atoms with Gasteiger partial charge in [0.1, 0.15) is 0 Å². The van der Waals surface area contributed by atoms with Gasteiger partial charge in [-0.25, -0.2) is 0 Å². The van der Waals surface area contributed by atoms with Crippen LogP contribution in [-0.2, 0) is 11.3 Å². The molecule has 0 spiro atoms. The molecule has 1 aromatic rings. The SMILES string of the molecule is CC1(C(=O)Nc2ccccc2CN)CCCC1. The highest BCUT2D eigenvalue weighted by atomic mass is 16.2. The monoisotopic (exact) mass is 232 g/mol. The fourth-order valence-electron chi connectivity index (χ4n) is 2.48. The summed E-state index contributed by atoms with van der Waals surface area (Å²) in [7, 11) is 0. The molecule has 0 aliphatic heterocycles. The van der Waals surface area contributed by atoms with E-state index >= 15 is 0 Å². The van der Waals surface area contributed by atoms with Gasteiger partial charge in [0, 0.05) is 17.6 Å². The lowest BCUT2D eigenvalue weighted by atomic mass is 9.87. The summed E-state index contributed by atoms with van der Waals surface area (Å²) in [4.78, 5) is 12.3. The largest absolute Gasteiger partial charge is 0.326 e. The fraction of sp³-hybridized carbons (Fsp3) is 0.500. The van der Waals surface area contributed by atoms with Gasteiger partial charge in [-0.1, -0.05) is 38.0 Å². The van der Waals surface area contributed by atoms with Crippen LogP contribution in [0.2, 0.25) is 0 Å². The maximum atomic E-state index is 12.3. The van der Waals surface area contributed by atoms with Gasteiger partial charge in [-0.3, -0.25) is 4.79 Å². The van der Waals surface area contributed by atoms with E-state index in [9.17, 15) is 4.79 Å². The van der Waals surface area contributed by atoms with Crippen molar-refractivity contribution in [3.8, 4) is 0 Å². The first-order valence-electron chi connectivity index (χ1n) is 6.25. The minimum Gasteiger partial charge on any atom is -0.326 e. The molecule has 1 aliphatic carbocycles. The molecule has 1 aromatic carbocycles. The number of hydrogen-bond donors (Lipinski definition) is 2. The first-order chi connectivity index (χ1) is 8.15. The molecular formula is C14H20N2O. The van der Waals surface area contributed by atoms with Crippen molar-refractivity contribution >= 4 is 11.6 Å². The summed E-state index contributed by atoms with van der Waals surface area (Å²) < 4.78 is 0. The highest BCUT2D eigenvalue weighted by molar-refractivity contribution is 5.95. The molecule has 0 atom stereocenters. The molecule has 0 heterocycles. The van der Waals surface area contributed by atoms with E-state index in [1.807, 2.05) is 24.3 Å². The van der Waals surface area contributed by atoms with Gasteiger partial charge >= 0.3 is 0 Å². The molecule has 92 valence electrons. The third-order valence-electron chi connectivity index (χ3n) is 3.74. The van der Waals surface area contributed by atoms with Crippen LogP contribution in [0.1, 0.15) is 38.2 Å². The van der Waals surface area contributed by atoms with Crippen LogP contribution in [0.4, 0.5) is 5.69 Å². The molecule has 0 bridgehead atoms. The maximum absolute atomic E-state index is 12.3. The number of rotatable bonds is 3. The fourth-order valence-corrected chi connectivity index (χ4v) is 2.48. The molecule has 2 rings (SSSR count). The summed E-state index contributed by atoms with van der Waals surface area (Å²) in [5, 5.41) is 3.02. The number of carbonyl (C=O) groups excluding carboxylic acids is 1. The Balaban J connectivity index is 2.12. The summed E-state index contributed by atoms with van der Waals surface area (Å²) >= 11 is 0. The molecule has 17 heavy (non-hydrogen) atoms. The molecule has 0 saturated heterocycles. The van der Waals surface area contributed by atoms with Gasteiger partial charge < -0.3 is 11.1 Å². The van der Waals surface area contributed by atoms with E-state index < -0.39 is 0 Å². The second-order valence-corrected chi connectivity index (χ2v) is 5.08. The predicted octanol–water partition coefficient (Wildman–Crippen LogP) is 2.66. The third kappa shape index (κ3) is 2.50. The summed E-state index contributed by atoms with van der Waals surface area (Å²) in [6.07, 6.45) is 4.29. The number of nitrogens with two attached hydrogens (primary N) is 1. The van der Waals surface area contributed by atoms with Gasteiger partial charge in [-0.15, -0.1) is 0 Å². The predicted molar refractivity (Wildman–Crippen MR) is 69.5 cm³/mol. The number of hydrogen-bond acceptors (Lipinski definition) is 2. The topological polar surface area (TPSA) is 55.1 Å². The van der Waals surface area contributed by atoms with E-state index in [4.69, 9.17) is 5.73 Å². The second kappa shape index (κ2) is 4.88. The molecule has 3 N–H and O–H groups in total. The summed E-state index contributed by atoms with van der Waals surface area (Å²) in [5.41, 5.74) is 7.31. The Bertz CT molecular complexity index is 408. The highest BCUT2D eigenvalue weighted by Gasteiger charge is 2.36. The quantitative estimate of drug-likeness (QED) is 0.841. The molecule has 0 unspecified atom stereocenters. The summed E-state index contributed by atoms with van der Waals surface area (Å²) in [5.74, 6) is 0.135. The number of para-hydroxylation sites is 1. The average Bonchev–Trinajstić information content (AvgIpc) is 2.78. The van der Waals surface area contributed by atoms with Crippen LogP contribution in [0.15, 0.2) is 24.3 Å².